The monoisotopic (exact) mass is 312 g/mol. The summed E-state index contributed by atoms with van der Waals surface area (Å²) in [6.07, 6.45) is 0.831. The molecule has 0 bridgehead atoms. The number of hydrogen-bond donors (Lipinski definition) is 0. The summed E-state index contributed by atoms with van der Waals surface area (Å²) in [6, 6.07) is 7.35. The summed E-state index contributed by atoms with van der Waals surface area (Å²) in [5.74, 6) is 1.50. The summed E-state index contributed by atoms with van der Waals surface area (Å²) < 4.78 is 11.4. The predicted molar refractivity (Wildman–Crippen MR) is 81.7 cm³/mol. The first-order valence-electron chi connectivity index (χ1n) is 6.81. The maximum Gasteiger partial charge on any atom is 0.244 e. The van der Waals surface area contributed by atoms with Gasteiger partial charge in [-0.15, -0.1) is 0 Å². The Morgan fingerprint density at radius 1 is 1.20 bits per heavy atom. The molecule has 0 unspecified atom stereocenters. The van der Waals surface area contributed by atoms with E-state index in [1.807, 2.05) is 29.2 Å². The van der Waals surface area contributed by atoms with Gasteiger partial charge in [-0.05, 0) is 24.6 Å². The molecule has 1 amide bonds. The number of carbonyl (C=O) groups excluding carboxylic acids is 1. The molecule has 0 aliphatic carbocycles. The zero-order valence-corrected chi connectivity index (χ0v) is 12.7. The number of anilines is 1. The van der Waals surface area contributed by atoms with Crippen LogP contribution in [0.25, 0.3) is 0 Å². The van der Waals surface area contributed by atoms with Crippen LogP contribution in [0.2, 0.25) is 5.02 Å². The minimum atomic E-state index is -0.704. The highest BCUT2D eigenvalue weighted by Crippen LogP contribution is 2.27. The van der Waals surface area contributed by atoms with E-state index in [0.29, 0.717) is 16.5 Å². The fourth-order valence-corrected chi connectivity index (χ4v) is 4.13. The van der Waals surface area contributed by atoms with Crippen LogP contribution in [0.4, 0.5) is 5.69 Å². The molecule has 108 valence electrons. The maximum atomic E-state index is 12.6. The molecule has 0 aromatic heterocycles. The number of rotatable bonds is 2. The van der Waals surface area contributed by atoms with Crippen molar-refractivity contribution in [1.29, 1.82) is 0 Å². The number of carbonyl (C=O) groups is 1. The van der Waals surface area contributed by atoms with E-state index in [4.69, 9.17) is 11.6 Å². The third kappa shape index (κ3) is 2.75. The number of nitrogens with zero attached hydrogens (tertiary/aromatic N) is 2. The molecule has 0 saturated carbocycles. The zero-order valence-electron chi connectivity index (χ0n) is 11.1. The first kappa shape index (κ1) is 14.0. The van der Waals surface area contributed by atoms with Crippen LogP contribution in [-0.2, 0) is 15.6 Å². The van der Waals surface area contributed by atoms with Gasteiger partial charge in [0, 0.05) is 52.6 Å². The number of benzene rings is 1. The Kier molecular flexibility index (Phi) is 4.10. The van der Waals surface area contributed by atoms with Gasteiger partial charge in [0.1, 0.15) is 0 Å². The van der Waals surface area contributed by atoms with Crippen LogP contribution < -0.4 is 4.90 Å². The third-order valence-corrected chi connectivity index (χ3v) is 5.46. The highest BCUT2D eigenvalue weighted by molar-refractivity contribution is 7.85. The van der Waals surface area contributed by atoms with Gasteiger partial charge < -0.3 is 4.90 Å². The maximum absolute atomic E-state index is 12.6. The lowest BCUT2D eigenvalue weighted by molar-refractivity contribution is -0.121. The van der Waals surface area contributed by atoms with Crippen molar-refractivity contribution >= 4 is 34.0 Å². The van der Waals surface area contributed by atoms with Crippen LogP contribution in [0.15, 0.2) is 24.3 Å². The quantitative estimate of drug-likeness (QED) is 0.831. The fourth-order valence-electron chi connectivity index (χ4n) is 2.87. The summed E-state index contributed by atoms with van der Waals surface area (Å²) in [5.41, 5.74) is 0.866. The Morgan fingerprint density at radius 3 is 2.65 bits per heavy atom. The van der Waals surface area contributed by atoms with Crippen molar-refractivity contribution in [3.8, 4) is 0 Å². The van der Waals surface area contributed by atoms with Crippen molar-refractivity contribution in [3.63, 3.8) is 0 Å². The molecule has 0 spiro atoms. The van der Waals surface area contributed by atoms with Gasteiger partial charge in [0.2, 0.25) is 5.91 Å². The van der Waals surface area contributed by atoms with E-state index in [-0.39, 0.29) is 11.9 Å². The lowest BCUT2D eigenvalue weighted by Crippen LogP contribution is -2.48. The van der Waals surface area contributed by atoms with Gasteiger partial charge in [0.05, 0.1) is 6.04 Å². The van der Waals surface area contributed by atoms with E-state index in [1.165, 1.54) is 0 Å². The lowest BCUT2D eigenvalue weighted by Gasteiger charge is -2.30. The Bertz CT molecular complexity index is 542. The van der Waals surface area contributed by atoms with Crippen LogP contribution in [0.3, 0.4) is 0 Å². The van der Waals surface area contributed by atoms with E-state index < -0.39 is 10.8 Å². The molecule has 2 aliphatic rings. The normalized spacial score (nSPS) is 25.4. The summed E-state index contributed by atoms with van der Waals surface area (Å²) in [7, 11) is -0.704. The van der Waals surface area contributed by atoms with E-state index in [1.54, 1.807) is 0 Å². The Hall–Kier alpha value is -0.910. The van der Waals surface area contributed by atoms with E-state index in [0.717, 1.165) is 31.7 Å². The molecule has 2 saturated heterocycles. The third-order valence-electron chi connectivity index (χ3n) is 3.95. The molecule has 1 aromatic carbocycles. The first-order valence-corrected chi connectivity index (χ1v) is 8.68. The van der Waals surface area contributed by atoms with Crippen LogP contribution in [0, 0.1) is 0 Å². The average Bonchev–Trinajstić information content (AvgIpc) is 2.82. The second-order valence-corrected chi connectivity index (χ2v) is 7.29. The number of amides is 1. The molecule has 2 heterocycles. The number of halogens is 1. The molecule has 2 aliphatic heterocycles. The van der Waals surface area contributed by atoms with Crippen molar-refractivity contribution in [2.24, 2.45) is 0 Å². The second-order valence-electron chi connectivity index (χ2n) is 5.16. The van der Waals surface area contributed by atoms with E-state index in [2.05, 4.69) is 4.90 Å². The largest absolute Gasteiger partial charge is 0.311 e. The number of hydrogen-bond acceptors (Lipinski definition) is 3. The highest BCUT2D eigenvalue weighted by atomic mass is 35.5. The van der Waals surface area contributed by atoms with Crippen molar-refractivity contribution in [2.75, 3.05) is 36.0 Å². The molecule has 4 nitrogen and oxygen atoms in total. The average molecular weight is 313 g/mol. The molecular formula is C14H17ClN2O2S. The smallest absolute Gasteiger partial charge is 0.244 e. The molecule has 1 atom stereocenters. The molecule has 6 heteroatoms. The Morgan fingerprint density at radius 2 is 1.95 bits per heavy atom. The van der Waals surface area contributed by atoms with Gasteiger partial charge >= 0.3 is 0 Å². The van der Waals surface area contributed by atoms with E-state index >= 15 is 0 Å². The van der Waals surface area contributed by atoms with E-state index in [9.17, 15) is 9.00 Å². The molecular weight excluding hydrogens is 296 g/mol. The van der Waals surface area contributed by atoms with Crippen LogP contribution in [0.1, 0.15) is 6.42 Å². The van der Waals surface area contributed by atoms with Crippen LogP contribution in [0.5, 0.6) is 0 Å². The molecule has 2 fully saturated rings. The molecule has 0 radical (unpaired) electrons. The highest BCUT2D eigenvalue weighted by Gasteiger charge is 2.37. The van der Waals surface area contributed by atoms with Gasteiger partial charge in [-0.2, -0.15) is 0 Å². The molecule has 20 heavy (non-hydrogen) atoms. The van der Waals surface area contributed by atoms with Crippen molar-refractivity contribution in [1.82, 2.24) is 4.90 Å². The SMILES string of the molecule is O=C1[C@@H](N2CCS(=O)CC2)CCN1c1cccc(Cl)c1. The second kappa shape index (κ2) is 5.84. The fraction of sp³-hybridized carbons (Fsp3) is 0.500. The van der Waals surface area contributed by atoms with Crippen LogP contribution in [-0.4, -0.2) is 52.2 Å². The summed E-state index contributed by atoms with van der Waals surface area (Å²) in [6.45, 7) is 2.24. The minimum Gasteiger partial charge on any atom is -0.311 e. The van der Waals surface area contributed by atoms with Gasteiger partial charge in [0.25, 0.3) is 0 Å². The van der Waals surface area contributed by atoms with Crippen LogP contribution >= 0.6 is 11.6 Å². The van der Waals surface area contributed by atoms with Crippen molar-refractivity contribution in [3.05, 3.63) is 29.3 Å². The minimum absolute atomic E-state index is 0.0636. The van der Waals surface area contributed by atoms with Crippen molar-refractivity contribution < 1.29 is 9.00 Å². The summed E-state index contributed by atoms with van der Waals surface area (Å²) >= 11 is 5.99. The van der Waals surface area contributed by atoms with Gasteiger partial charge in [0.15, 0.2) is 0 Å². The lowest BCUT2D eigenvalue weighted by atomic mass is 10.2. The molecule has 0 N–H and O–H groups in total. The Balaban J connectivity index is 1.72. The topological polar surface area (TPSA) is 40.6 Å². The predicted octanol–water partition coefficient (Wildman–Crippen LogP) is 1.51. The molecule has 1 aromatic rings. The van der Waals surface area contributed by atoms with Gasteiger partial charge in [-0.3, -0.25) is 13.9 Å². The van der Waals surface area contributed by atoms with Gasteiger partial charge in [-0.25, -0.2) is 0 Å². The summed E-state index contributed by atoms with van der Waals surface area (Å²) in [5, 5.41) is 0.645. The van der Waals surface area contributed by atoms with Crippen molar-refractivity contribution in [2.45, 2.75) is 12.5 Å². The Labute approximate surface area is 126 Å². The standard InChI is InChI=1S/C14H17ClN2O2S/c15-11-2-1-3-12(10-11)17-5-4-13(14(17)18)16-6-8-20(19)9-7-16/h1-3,10,13H,4-9H2/t13-/m0/s1. The van der Waals surface area contributed by atoms with Gasteiger partial charge in [-0.1, -0.05) is 17.7 Å². The zero-order chi connectivity index (χ0) is 14.1. The molecule has 3 rings (SSSR count). The first-order chi connectivity index (χ1) is 9.65. The summed E-state index contributed by atoms with van der Waals surface area (Å²) in [4.78, 5) is 16.5.